The number of thiazole rings is 1. The van der Waals surface area contributed by atoms with Gasteiger partial charge in [-0.25, -0.2) is 15.1 Å². The highest BCUT2D eigenvalue weighted by atomic mass is 35.5. The summed E-state index contributed by atoms with van der Waals surface area (Å²) in [6.45, 7) is 2.33. The molecule has 0 atom stereocenters. The molecule has 126 valence electrons. The van der Waals surface area contributed by atoms with E-state index in [0.717, 1.165) is 10.4 Å². The maximum atomic E-state index is 10.9. The Hall–Kier alpha value is -1.90. The van der Waals surface area contributed by atoms with Gasteiger partial charge in [-0.15, -0.1) is 11.3 Å². The van der Waals surface area contributed by atoms with Gasteiger partial charge in [0.1, 0.15) is 5.10 Å². The lowest BCUT2D eigenvalue weighted by Crippen LogP contribution is -2.33. The average molecular weight is 386 g/mol. The van der Waals surface area contributed by atoms with Crippen LogP contribution in [0.5, 0.6) is 0 Å². The molecule has 0 aliphatic carbocycles. The van der Waals surface area contributed by atoms with Crippen molar-refractivity contribution >= 4 is 40.5 Å². The largest absolute Gasteiger partial charge is 0.331 e. The summed E-state index contributed by atoms with van der Waals surface area (Å²) in [6, 6.07) is 7.40. The summed E-state index contributed by atoms with van der Waals surface area (Å²) < 4.78 is 0.454. The van der Waals surface area contributed by atoms with Gasteiger partial charge in [0.15, 0.2) is 9.50 Å². The van der Waals surface area contributed by atoms with E-state index in [1.54, 1.807) is 18.3 Å². The zero-order chi connectivity index (χ0) is 17.1. The first-order valence-electron chi connectivity index (χ1n) is 7.09. The smallest absolute Gasteiger partial charge is 0.274 e. The molecule has 0 amide bonds. The van der Waals surface area contributed by atoms with E-state index < -0.39 is 5.03 Å². The molecule has 10 heteroatoms. The SMILES string of the molecule is O=[N+]([O-])N=C1N(Cc2ccc(Cl)cc2)CCN1Cc1cnc(Cl)s1. The van der Waals surface area contributed by atoms with E-state index in [1.165, 1.54) is 11.3 Å². The highest BCUT2D eigenvalue weighted by Crippen LogP contribution is 2.22. The van der Waals surface area contributed by atoms with Gasteiger partial charge in [-0.3, -0.25) is 0 Å². The molecule has 7 nitrogen and oxygen atoms in total. The normalized spacial score (nSPS) is 16.2. The molecule has 0 N–H and O–H groups in total. The Morgan fingerprint density at radius 3 is 2.46 bits per heavy atom. The summed E-state index contributed by atoms with van der Waals surface area (Å²) in [4.78, 5) is 19.6. The van der Waals surface area contributed by atoms with Crippen LogP contribution >= 0.6 is 34.5 Å². The zero-order valence-electron chi connectivity index (χ0n) is 12.4. The van der Waals surface area contributed by atoms with E-state index in [1.807, 2.05) is 21.9 Å². The Morgan fingerprint density at radius 2 is 1.88 bits per heavy atom. The summed E-state index contributed by atoms with van der Waals surface area (Å²) in [5.74, 6) is 0.347. The van der Waals surface area contributed by atoms with Gasteiger partial charge in [-0.05, 0) is 17.7 Å². The zero-order valence-corrected chi connectivity index (χ0v) is 14.8. The maximum absolute atomic E-state index is 10.9. The molecule has 1 fully saturated rings. The number of nitro groups is 1. The number of halogens is 2. The molecule has 0 unspecified atom stereocenters. The van der Waals surface area contributed by atoms with Crippen LogP contribution in [0, 0.1) is 10.1 Å². The van der Waals surface area contributed by atoms with Crippen molar-refractivity contribution in [1.82, 2.24) is 14.8 Å². The van der Waals surface area contributed by atoms with Gasteiger partial charge in [0.25, 0.3) is 5.96 Å². The molecule has 1 aromatic heterocycles. The lowest BCUT2D eigenvalue weighted by atomic mass is 10.2. The molecule has 3 rings (SSSR count). The van der Waals surface area contributed by atoms with Gasteiger partial charge in [-0.2, -0.15) is 0 Å². The summed E-state index contributed by atoms with van der Waals surface area (Å²) in [6.07, 6.45) is 1.68. The van der Waals surface area contributed by atoms with Gasteiger partial charge in [0.2, 0.25) is 0 Å². The van der Waals surface area contributed by atoms with Crippen LogP contribution < -0.4 is 0 Å². The minimum atomic E-state index is -0.665. The van der Waals surface area contributed by atoms with Crippen LogP contribution in [0.15, 0.2) is 35.6 Å². The predicted octanol–water partition coefficient (Wildman–Crippen LogP) is 3.32. The fourth-order valence-corrected chi connectivity index (χ4v) is 3.62. The molecular formula is C14H13Cl2N5O2S. The Labute approximate surface area is 152 Å². The number of hydrazone groups is 1. The standard InChI is InChI=1S/C14H13Cl2N5O2S/c15-11-3-1-10(2-4-11)8-19-5-6-20(14(19)18-21(22)23)9-12-7-17-13(16)24-12/h1-4,7H,5-6,8-9H2. The summed E-state index contributed by atoms with van der Waals surface area (Å²) in [7, 11) is 0. The third-order valence-corrected chi connectivity index (χ3v) is 4.89. The van der Waals surface area contributed by atoms with Crippen LogP contribution in [0.4, 0.5) is 0 Å². The molecule has 0 spiro atoms. The molecular weight excluding hydrogens is 373 g/mol. The van der Waals surface area contributed by atoms with E-state index in [9.17, 15) is 10.1 Å². The first-order chi connectivity index (χ1) is 11.5. The molecule has 0 bridgehead atoms. The topological polar surface area (TPSA) is 74.9 Å². The minimum absolute atomic E-state index is 0.347. The number of guanidine groups is 1. The summed E-state index contributed by atoms with van der Waals surface area (Å²) in [5.41, 5.74) is 1.01. The van der Waals surface area contributed by atoms with Crippen LogP contribution in [0.25, 0.3) is 0 Å². The van der Waals surface area contributed by atoms with Gasteiger partial charge >= 0.3 is 0 Å². The van der Waals surface area contributed by atoms with Crippen LogP contribution in [-0.4, -0.2) is 38.9 Å². The van der Waals surface area contributed by atoms with E-state index in [0.29, 0.717) is 41.6 Å². The Kier molecular flexibility index (Phi) is 5.17. The summed E-state index contributed by atoms with van der Waals surface area (Å²) in [5, 5.41) is 14.5. The first-order valence-corrected chi connectivity index (χ1v) is 8.66. The second-order valence-corrected chi connectivity index (χ2v) is 7.32. The van der Waals surface area contributed by atoms with Gasteiger partial charge < -0.3 is 9.80 Å². The molecule has 0 radical (unpaired) electrons. The molecule has 1 aliphatic rings. The Morgan fingerprint density at radius 1 is 1.21 bits per heavy atom. The van der Waals surface area contributed by atoms with Crippen molar-refractivity contribution in [1.29, 1.82) is 0 Å². The minimum Gasteiger partial charge on any atom is -0.331 e. The third-order valence-electron chi connectivity index (χ3n) is 3.54. The summed E-state index contributed by atoms with van der Waals surface area (Å²) >= 11 is 13.1. The highest BCUT2D eigenvalue weighted by Gasteiger charge is 2.30. The van der Waals surface area contributed by atoms with Crippen molar-refractivity contribution in [3.05, 3.63) is 60.5 Å². The van der Waals surface area contributed by atoms with Crippen molar-refractivity contribution in [2.45, 2.75) is 13.1 Å². The van der Waals surface area contributed by atoms with E-state index >= 15 is 0 Å². The number of hydrogen-bond acceptors (Lipinski definition) is 4. The van der Waals surface area contributed by atoms with Crippen molar-refractivity contribution in [2.24, 2.45) is 5.10 Å². The number of hydrogen-bond donors (Lipinski definition) is 0. The quantitative estimate of drug-likeness (QED) is 0.582. The average Bonchev–Trinajstić information content (AvgIpc) is 3.10. The third kappa shape index (κ3) is 4.14. The van der Waals surface area contributed by atoms with Crippen molar-refractivity contribution < 1.29 is 5.03 Å². The molecule has 0 saturated carbocycles. The highest BCUT2D eigenvalue weighted by molar-refractivity contribution is 7.15. The predicted molar refractivity (Wildman–Crippen MR) is 93.8 cm³/mol. The fraction of sp³-hybridized carbons (Fsp3) is 0.286. The number of nitrogens with zero attached hydrogens (tertiary/aromatic N) is 5. The molecule has 24 heavy (non-hydrogen) atoms. The monoisotopic (exact) mass is 385 g/mol. The Balaban J connectivity index is 1.77. The van der Waals surface area contributed by atoms with Gasteiger partial charge in [0, 0.05) is 35.7 Å². The molecule has 2 aromatic rings. The van der Waals surface area contributed by atoms with Gasteiger partial charge in [0.05, 0.1) is 6.54 Å². The van der Waals surface area contributed by atoms with Crippen molar-refractivity contribution in [3.8, 4) is 0 Å². The molecule has 1 aliphatic heterocycles. The second-order valence-electron chi connectivity index (χ2n) is 5.19. The van der Waals surface area contributed by atoms with Gasteiger partial charge in [-0.1, -0.05) is 35.3 Å². The number of rotatable bonds is 5. The van der Waals surface area contributed by atoms with E-state index in [-0.39, 0.29) is 0 Å². The fourth-order valence-electron chi connectivity index (χ4n) is 2.50. The molecule has 1 aromatic carbocycles. The van der Waals surface area contributed by atoms with Crippen molar-refractivity contribution in [3.63, 3.8) is 0 Å². The maximum Gasteiger partial charge on any atom is 0.274 e. The lowest BCUT2D eigenvalue weighted by Gasteiger charge is -2.20. The number of aromatic nitrogens is 1. The Bertz CT molecular complexity index is 765. The number of benzene rings is 1. The second kappa shape index (κ2) is 7.33. The van der Waals surface area contributed by atoms with E-state index in [2.05, 4.69) is 10.1 Å². The molecule has 2 heterocycles. The van der Waals surface area contributed by atoms with Crippen LogP contribution in [0.3, 0.4) is 0 Å². The van der Waals surface area contributed by atoms with Crippen molar-refractivity contribution in [2.75, 3.05) is 13.1 Å². The van der Waals surface area contributed by atoms with Crippen LogP contribution in [0.2, 0.25) is 9.49 Å². The van der Waals surface area contributed by atoms with Crippen LogP contribution in [0.1, 0.15) is 10.4 Å². The van der Waals surface area contributed by atoms with E-state index in [4.69, 9.17) is 23.2 Å². The lowest BCUT2D eigenvalue weighted by molar-refractivity contribution is -0.486. The van der Waals surface area contributed by atoms with Crippen LogP contribution in [-0.2, 0) is 13.1 Å². The molecule has 1 saturated heterocycles. The first kappa shape index (κ1) is 16.9.